The molecule has 0 aliphatic rings. The molecule has 0 aromatic carbocycles. The van der Waals surface area contributed by atoms with Crippen LogP contribution in [0, 0.1) is 0 Å². The molecule has 3 heterocycles. The standard InChI is InChI=1S/C9H9BN6.C6H10.ClH.Ru/c1-4-11-14(7-1)10(15-8-2-5-12-15)16-9-3-6-13-16;1-3-5-6-4-2;;/h1-9H;3-6H,1-2H3;1H;/q-1;;;+2/p-1/b;5-3+,6-4+;;. The maximum atomic E-state index is 4.57. The van der Waals surface area contributed by atoms with Crippen molar-refractivity contribution < 1.29 is 17.3 Å². The molecule has 0 bridgehead atoms. The van der Waals surface area contributed by atoms with Crippen molar-refractivity contribution in [2.24, 2.45) is 0 Å². The van der Waals surface area contributed by atoms with Gasteiger partial charge in [-0.3, -0.25) is 0 Å². The molecule has 0 unspecified atom stereocenters. The van der Waals surface area contributed by atoms with Gasteiger partial charge in [0.05, 0.1) is 0 Å². The third kappa shape index (κ3) is 6.30. The average Bonchev–Trinajstić information content (AvgIpc) is 3.39. The number of hydrogen-bond donors (Lipinski definition) is 0. The molecule has 0 amide bonds. The van der Waals surface area contributed by atoms with Crippen molar-refractivity contribution in [1.82, 2.24) is 29.1 Å². The summed E-state index contributed by atoms with van der Waals surface area (Å²) in [6.07, 6.45) is 18.9. The summed E-state index contributed by atoms with van der Waals surface area (Å²) in [6.45, 7) is 4.00. The smallest absolute Gasteiger partial charge is 0.260 e. The van der Waals surface area contributed by atoms with Crippen LogP contribution in [0.3, 0.4) is 0 Å². The Morgan fingerprint density at radius 2 is 1.08 bits per heavy atom. The van der Waals surface area contributed by atoms with Crippen LogP contribution >= 0.6 is 9.69 Å². The number of nitrogens with zero attached hydrogens (tertiary/aromatic N) is 6. The predicted octanol–water partition coefficient (Wildman–Crippen LogP) is 3.03. The van der Waals surface area contributed by atoms with Crippen molar-refractivity contribution in [3.63, 3.8) is 0 Å². The normalized spacial score (nSPS) is 10.5. The quantitative estimate of drug-likeness (QED) is 0.472. The summed E-state index contributed by atoms with van der Waals surface area (Å²) in [6, 6.07) is 5.62. The molecule has 0 aliphatic heterocycles. The molecule has 0 spiro atoms. The fourth-order valence-electron chi connectivity index (χ4n) is 1.84. The fraction of sp³-hybridized carbons (Fsp3) is 0.133. The van der Waals surface area contributed by atoms with Gasteiger partial charge >= 0.3 is 27.0 Å². The van der Waals surface area contributed by atoms with E-state index in [-0.39, 0.29) is 7.12 Å². The second-order valence-corrected chi connectivity index (χ2v) is 4.36. The first-order chi connectivity index (χ1) is 11.9. The molecule has 0 aliphatic carbocycles. The minimum absolute atomic E-state index is 0.194. The van der Waals surface area contributed by atoms with E-state index in [9.17, 15) is 0 Å². The van der Waals surface area contributed by atoms with Gasteiger partial charge in [0.2, 0.25) is 0 Å². The second kappa shape index (κ2) is 12.5. The van der Waals surface area contributed by atoms with Gasteiger partial charge in [0, 0.05) is 18.6 Å². The predicted molar refractivity (Wildman–Crippen MR) is 94.1 cm³/mol. The molecule has 0 saturated heterocycles. The number of halogens is 1. The van der Waals surface area contributed by atoms with E-state index in [1.807, 2.05) is 92.3 Å². The molecule has 127 valence electrons. The molecular formula is C15H19BClN6Ru. The molecule has 0 N–H and O–H groups in total. The summed E-state index contributed by atoms with van der Waals surface area (Å²) in [4.78, 5) is 0. The molecule has 0 atom stereocenters. The first-order valence-electron chi connectivity index (χ1n) is 7.21. The zero-order valence-corrected chi connectivity index (χ0v) is 16.0. The van der Waals surface area contributed by atoms with E-state index in [4.69, 9.17) is 0 Å². The Morgan fingerprint density at radius 1 is 0.750 bits per heavy atom. The van der Waals surface area contributed by atoms with Crippen LogP contribution in [0.15, 0.2) is 79.7 Å². The fourth-order valence-corrected chi connectivity index (χ4v) is 1.84. The molecule has 1 radical (unpaired) electrons. The Morgan fingerprint density at radius 3 is 1.29 bits per heavy atom. The number of aromatic nitrogens is 6. The van der Waals surface area contributed by atoms with Gasteiger partial charge in [0.25, 0.3) is 7.12 Å². The molecule has 3 rings (SSSR count). The van der Waals surface area contributed by atoms with E-state index < -0.39 is 0 Å². The number of allylic oxidation sites excluding steroid dienone is 4. The topological polar surface area (TPSA) is 53.5 Å². The van der Waals surface area contributed by atoms with Gasteiger partial charge in [-0.1, -0.05) is 24.3 Å². The Kier molecular flexibility index (Phi) is 10.5. The van der Waals surface area contributed by atoms with Crippen molar-refractivity contribution in [3.05, 3.63) is 79.7 Å². The first-order valence-corrected chi connectivity index (χ1v) is 9.45. The molecule has 0 fully saturated rings. The van der Waals surface area contributed by atoms with Gasteiger partial charge in [-0.2, -0.15) is 0 Å². The molecule has 3 aromatic heterocycles. The van der Waals surface area contributed by atoms with Crippen LogP contribution in [-0.2, 0) is 17.3 Å². The molecule has 9 heteroatoms. The number of rotatable bonds is 4. The van der Waals surface area contributed by atoms with Crippen LogP contribution in [0.4, 0.5) is 0 Å². The summed E-state index contributed by atoms with van der Waals surface area (Å²) >= 11 is 1.82. The summed E-state index contributed by atoms with van der Waals surface area (Å²) in [7, 11) is 4.37. The first kappa shape index (κ1) is 20.1. The zero-order valence-electron chi connectivity index (χ0n) is 13.5. The summed E-state index contributed by atoms with van der Waals surface area (Å²) in [5, 5.41) is 12.7. The molecule has 3 aromatic rings. The van der Waals surface area contributed by atoms with Crippen LogP contribution in [-0.4, -0.2) is 36.2 Å². The van der Waals surface area contributed by atoms with Gasteiger partial charge in [-0.15, -0.1) is 0 Å². The second-order valence-electron chi connectivity index (χ2n) is 4.36. The molecule has 6 nitrogen and oxygen atoms in total. The van der Waals surface area contributed by atoms with E-state index in [0.29, 0.717) is 0 Å². The Bertz CT molecular complexity index is 588. The van der Waals surface area contributed by atoms with Crippen LogP contribution in [0.5, 0.6) is 0 Å². The Hall–Kier alpha value is -1.91. The van der Waals surface area contributed by atoms with E-state index >= 15 is 0 Å². The summed E-state index contributed by atoms with van der Waals surface area (Å²) in [5.41, 5.74) is 0. The van der Waals surface area contributed by atoms with Gasteiger partial charge in [-0.25, -0.2) is 15.3 Å². The molecule has 0 saturated carbocycles. The zero-order chi connectivity index (χ0) is 17.6. The van der Waals surface area contributed by atoms with Crippen LogP contribution in [0.1, 0.15) is 13.8 Å². The minimum atomic E-state index is -0.194. The minimum Gasteiger partial charge on any atom is -0.425 e. The van der Waals surface area contributed by atoms with Gasteiger partial charge in [0.15, 0.2) is 0 Å². The van der Waals surface area contributed by atoms with E-state index in [0.717, 1.165) is 0 Å². The largest absolute Gasteiger partial charge is 0.425 e. The van der Waals surface area contributed by atoms with Crippen molar-refractivity contribution in [2.75, 3.05) is 0 Å². The number of hydrogen-bond acceptors (Lipinski definition) is 3. The monoisotopic (exact) mass is 431 g/mol. The van der Waals surface area contributed by atoms with Crippen molar-refractivity contribution in [1.29, 1.82) is 0 Å². The maximum Gasteiger partial charge on any atom is 0.260 e. The van der Waals surface area contributed by atoms with E-state index in [2.05, 4.69) is 25.0 Å². The summed E-state index contributed by atoms with van der Waals surface area (Å²) < 4.78 is 5.38. The van der Waals surface area contributed by atoms with Crippen molar-refractivity contribution in [2.45, 2.75) is 13.8 Å². The van der Waals surface area contributed by atoms with Gasteiger partial charge in [-0.05, 0) is 50.6 Å². The van der Waals surface area contributed by atoms with E-state index in [1.54, 1.807) is 32.4 Å². The van der Waals surface area contributed by atoms with E-state index in [1.165, 1.54) is 0 Å². The SMILES string of the molecule is C/C=C/C=C/C.[Cl][Ru+].c1cnn([B-](n2cccn2)n2cccn2)c1. The Balaban J connectivity index is 0.000000309. The van der Waals surface area contributed by atoms with Crippen molar-refractivity contribution in [3.8, 4) is 0 Å². The van der Waals surface area contributed by atoms with Gasteiger partial charge < -0.3 is 13.8 Å². The van der Waals surface area contributed by atoms with Crippen LogP contribution in [0.25, 0.3) is 0 Å². The van der Waals surface area contributed by atoms with Crippen LogP contribution < -0.4 is 0 Å². The van der Waals surface area contributed by atoms with Crippen LogP contribution in [0.2, 0.25) is 0 Å². The third-order valence-corrected chi connectivity index (χ3v) is 2.78. The molecule has 24 heavy (non-hydrogen) atoms. The maximum absolute atomic E-state index is 4.57. The van der Waals surface area contributed by atoms with Crippen molar-refractivity contribution >= 4 is 16.8 Å². The Labute approximate surface area is 156 Å². The average molecular weight is 431 g/mol. The third-order valence-electron chi connectivity index (χ3n) is 2.78. The van der Waals surface area contributed by atoms with Gasteiger partial charge in [0.1, 0.15) is 0 Å². The molecular weight excluding hydrogens is 412 g/mol. The summed E-state index contributed by atoms with van der Waals surface area (Å²) in [5.74, 6) is 0.